The Morgan fingerprint density at radius 2 is 2.23 bits per heavy atom. The molecule has 0 spiro atoms. The second-order valence-electron chi connectivity index (χ2n) is 5.13. The molecule has 1 atom stereocenters. The van der Waals surface area contributed by atoms with Gasteiger partial charge < -0.3 is 20.7 Å². The van der Waals surface area contributed by atoms with Crippen LogP contribution in [0, 0.1) is 0 Å². The van der Waals surface area contributed by atoms with Crippen molar-refractivity contribution < 1.29 is 14.3 Å². The van der Waals surface area contributed by atoms with Crippen LogP contribution in [0.3, 0.4) is 0 Å². The van der Waals surface area contributed by atoms with E-state index in [9.17, 15) is 9.59 Å². The molecule has 0 saturated carbocycles. The summed E-state index contributed by atoms with van der Waals surface area (Å²) in [4.78, 5) is 25.1. The van der Waals surface area contributed by atoms with Crippen molar-refractivity contribution >= 4 is 24.2 Å². The Hall–Kier alpha value is -1.79. The van der Waals surface area contributed by atoms with Crippen LogP contribution in [0.4, 0.5) is 0 Å². The molecule has 1 aliphatic heterocycles. The van der Waals surface area contributed by atoms with Crippen LogP contribution < -0.4 is 15.8 Å². The van der Waals surface area contributed by atoms with Crippen LogP contribution in [0.15, 0.2) is 24.3 Å². The minimum atomic E-state index is -0.494. The number of amides is 2. The topological polar surface area (TPSA) is 84.7 Å². The summed E-state index contributed by atoms with van der Waals surface area (Å²) >= 11 is 0. The van der Waals surface area contributed by atoms with Gasteiger partial charge in [-0.3, -0.25) is 9.59 Å². The van der Waals surface area contributed by atoms with Gasteiger partial charge in [-0.1, -0.05) is 6.07 Å². The molecule has 3 N–H and O–H groups in total. The number of hydrogen-bond donors (Lipinski definition) is 2. The largest absolute Gasteiger partial charge is 0.493 e. The van der Waals surface area contributed by atoms with Crippen molar-refractivity contribution in [3.05, 3.63) is 29.8 Å². The molecule has 1 heterocycles. The third kappa shape index (κ3) is 4.89. The Kier molecular flexibility index (Phi) is 7.14. The molecule has 0 aliphatic carbocycles. The summed E-state index contributed by atoms with van der Waals surface area (Å²) in [5.41, 5.74) is 5.61. The highest BCUT2D eigenvalue weighted by Gasteiger charge is 2.22. The second-order valence-corrected chi connectivity index (χ2v) is 5.13. The van der Waals surface area contributed by atoms with Crippen molar-refractivity contribution in [2.24, 2.45) is 5.73 Å². The SMILES string of the molecule is C[C@@H]1CNCCN1C(=O)CCOc1cccc(C(N)=O)c1.Cl. The molecule has 0 unspecified atom stereocenters. The lowest BCUT2D eigenvalue weighted by molar-refractivity contribution is -0.134. The van der Waals surface area contributed by atoms with E-state index in [1.807, 2.05) is 11.8 Å². The summed E-state index contributed by atoms with van der Waals surface area (Å²) in [6, 6.07) is 6.87. The fourth-order valence-corrected chi connectivity index (χ4v) is 2.35. The number of nitrogens with zero attached hydrogens (tertiary/aromatic N) is 1. The van der Waals surface area contributed by atoms with E-state index in [1.54, 1.807) is 24.3 Å². The van der Waals surface area contributed by atoms with Gasteiger partial charge in [-0.2, -0.15) is 0 Å². The summed E-state index contributed by atoms with van der Waals surface area (Å²) in [7, 11) is 0. The monoisotopic (exact) mass is 327 g/mol. The number of primary amides is 1. The van der Waals surface area contributed by atoms with Crippen LogP contribution in [-0.2, 0) is 4.79 Å². The van der Waals surface area contributed by atoms with Gasteiger partial charge in [0.25, 0.3) is 0 Å². The molecular weight excluding hydrogens is 306 g/mol. The van der Waals surface area contributed by atoms with Crippen molar-refractivity contribution in [1.82, 2.24) is 10.2 Å². The lowest BCUT2D eigenvalue weighted by atomic mass is 10.2. The maximum atomic E-state index is 12.1. The van der Waals surface area contributed by atoms with Crippen LogP contribution in [0.2, 0.25) is 0 Å². The molecule has 122 valence electrons. The zero-order chi connectivity index (χ0) is 15.2. The number of ether oxygens (including phenoxy) is 1. The number of halogens is 1. The Morgan fingerprint density at radius 1 is 1.45 bits per heavy atom. The Morgan fingerprint density at radius 3 is 2.91 bits per heavy atom. The quantitative estimate of drug-likeness (QED) is 0.837. The lowest BCUT2D eigenvalue weighted by Crippen LogP contribution is -2.52. The molecule has 1 fully saturated rings. The number of nitrogens with one attached hydrogen (secondary N) is 1. The molecule has 1 aromatic rings. The molecule has 2 amide bonds. The first-order valence-electron chi connectivity index (χ1n) is 7.11. The van der Waals surface area contributed by atoms with E-state index >= 15 is 0 Å². The van der Waals surface area contributed by atoms with Crippen molar-refractivity contribution in [1.29, 1.82) is 0 Å². The number of carbonyl (C=O) groups excluding carboxylic acids is 2. The fourth-order valence-electron chi connectivity index (χ4n) is 2.35. The van der Waals surface area contributed by atoms with Crippen LogP contribution in [0.25, 0.3) is 0 Å². The van der Waals surface area contributed by atoms with E-state index in [1.165, 1.54) is 0 Å². The highest BCUT2D eigenvalue weighted by Crippen LogP contribution is 2.13. The third-order valence-electron chi connectivity index (χ3n) is 3.52. The van der Waals surface area contributed by atoms with Crippen molar-refractivity contribution in [2.45, 2.75) is 19.4 Å². The molecule has 1 saturated heterocycles. The van der Waals surface area contributed by atoms with Crippen molar-refractivity contribution in [3.8, 4) is 5.75 Å². The fraction of sp³-hybridized carbons (Fsp3) is 0.467. The number of nitrogens with two attached hydrogens (primary N) is 1. The number of hydrogen-bond acceptors (Lipinski definition) is 4. The highest BCUT2D eigenvalue weighted by molar-refractivity contribution is 5.93. The van der Waals surface area contributed by atoms with Gasteiger partial charge in [0, 0.05) is 31.2 Å². The molecule has 1 aromatic carbocycles. The summed E-state index contributed by atoms with van der Waals surface area (Å²) in [5.74, 6) is 0.147. The number of rotatable bonds is 5. The van der Waals surface area contributed by atoms with Crippen LogP contribution in [-0.4, -0.2) is 49.0 Å². The zero-order valence-corrected chi connectivity index (χ0v) is 13.4. The Balaban J connectivity index is 0.00000242. The molecule has 2 rings (SSSR count). The molecule has 0 bridgehead atoms. The molecular formula is C15H22ClN3O3. The summed E-state index contributed by atoms with van der Waals surface area (Å²) in [6.07, 6.45) is 0.325. The van der Waals surface area contributed by atoms with E-state index in [2.05, 4.69) is 5.32 Å². The van der Waals surface area contributed by atoms with E-state index in [-0.39, 0.29) is 31.0 Å². The summed E-state index contributed by atoms with van der Waals surface area (Å²) in [6.45, 7) is 4.71. The zero-order valence-electron chi connectivity index (χ0n) is 12.6. The third-order valence-corrected chi connectivity index (χ3v) is 3.52. The summed E-state index contributed by atoms with van der Waals surface area (Å²) in [5, 5.41) is 3.25. The number of piperazine rings is 1. The Bertz CT molecular complexity index is 525. The standard InChI is InChI=1S/C15H21N3O3.ClH/c1-11-10-17-6-7-18(11)14(19)5-8-21-13-4-2-3-12(9-13)15(16)20;/h2-4,9,11,17H,5-8,10H2,1H3,(H2,16,20);1H/t11-;/m1./s1. The summed E-state index contributed by atoms with van der Waals surface area (Å²) < 4.78 is 5.52. The van der Waals surface area contributed by atoms with Gasteiger partial charge >= 0.3 is 0 Å². The van der Waals surface area contributed by atoms with E-state index in [0.29, 0.717) is 17.7 Å². The van der Waals surface area contributed by atoms with Crippen LogP contribution in [0.1, 0.15) is 23.7 Å². The molecule has 1 aliphatic rings. The molecule has 6 nitrogen and oxygen atoms in total. The van der Waals surface area contributed by atoms with Crippen LogP contribution in [0.5, 0.6) is 5.75 Å². The Labute approximate surface area is 136 Å². The van der Waals surface area contributed by atoms with Gasteiger partial charge in [-0.05, 0) is 25.1 Å². The van der Waals surface area contributed by atoms with Gasteiger partial charge in [0.15, 0.2) is 0 Å². The smallest absolute Gasteiger partial charge is 0.248 e. The average molecular weight is 328 g/mol. The van der Waals surface area contributed by atoms with E-state index in [4.69, 9.17) is 10.5 Å². The highest BCUT2D eigenvalue weighted by atomic mass is 35.5. The van der Waals surface area contributed by atoms with Gasteiger partial charge in [-0.25, -0.2) is 0 Å². The van der Waals surface area contributed by atoms with Gasteiger partial charge in [-0.15, -0.1) is 12.4 Å². The maximum Gasteiger partial charge on any atom is 0.248 e. The maximum absolute atomic E-state index is 12.1. The van der Waals surface area contributed by atoms with Crippen molar-refractivity contribution in [3.63, 3.8) is 0 Å². The molecule has 22 heavy (non-hydrogen) atoms. The first-order valence-corrected chi connectivity index (χ1v) is 7.11. The van der Waals surface area contributed by atoms with E-state index < -0.39 is 5.91 Å². The molecule has 7 heteroatoms. The predicted octanol–water partition coefficient (Wildman–Crippen LogP) is 0.796. The minimum Gasteiger partial charge on any atom is -0.493 e. The lowest BCUT2D eigenvalue weighted by Gasteiger charge is -2.34. The second kappa shape index (κ2) is 8.60. The van der Waals surface area contributed by atoms with Gasteiger partial charge in [0.2, 0.25) is 11.8 Å². The number of carbonyl (C=O) groups is 2. The van der Waals surface area contributed by atoms with Crippen LogP contribution >= 0.6 is 12.4 Å². The minimum absolute atomic E-state index is 0. The predicted molar refractivity (Wildman–Crippen MR) is 86.4 cm³/mol. The van der Waals surface area contributed by atoms with Gasteiger partial charge in [0.1, 0.15) is 5.75 Å². The first kappa shape index (κ1) is 18.3. The molecule has 0 aromatic heterocycles. The van der Waals surface area contributed by atoms with E-state index in [0.717, 1.165) is 19.6 Å². The average Bonchev–Trinajstić information content (AvgIpc) is 2.48. The number of benzene rings is 1. The normalized spacial score (nSPS) is 17.5. The molecule has 0 radical (unpaired) electrons. The first-order chi connectivity index (χ1) is 10.1. The van der Waals surface area contributed by atoms with Crippen molar-refractivity contribution in [2.75, 3.05) is 26.2 Å². The van der Waals surface area contributed by atoms with Gasteiger partial charge in [0.05, 0.1) is 13.0 Å².